The van der Waals surface area contributed by atoms with Gasteiger partial charge in [0.1, 0.15) is 17.3 Å². The predicted octanol–water partition coefficient (Wildman–Crippen LogP) is 2.16. The summed E-state index contributed by atoms with van der Waals surface area (Å²) < 4.78 is 32.4. The highest BCUT2D eigenvalue weighted by Crippen LogP contribution is 2.20. The Labute approximate surface area is 116 Å². The molecular formula is C14H18F2N2O2. The molecule has 1 amide bonds. The smallest absolute Gasteiger partial charge is 0.251 e. The summed E-state index contributed by atoms with van der Waals surface area (Å²) >= 11 is 0. The van der Waals surface area contributed by atoms with Gasteiger partial charge in [0.15, 0.2) is 0 Å². The Balaban J connectivity index is 1.98. The SMILES string of the molecule is CNc1c(F)cc(C(=O)NCC2CCOCC2)cc1F. The first kappa shape index (κ1) is 14.7. The van der Waals surface area contributed by atoms with Gasteiger partial charge >= 0.3 is 0 Å². The molecular weight excluding hydrogens is 266 g/mol. The summed E-state index contributed by atoms with van der Waals surface area (Å²) in [6.45, 7) is 1.89. The summed E-state index contributed by atoms with van der Waals surface area (Å²) in [5, 5.41) is 5.13. The number of ether oxygens (including phenoxy) is 1. The lowest BCUT2D eigenvalue weighted by Crippen LogP contribution is -2.32. The number of carbonyl (C=O) groups is 1. The molecule has 1 heterocycles. The molecule has 0 atom stereocenters. The topological polar surface area (TPSA) is 50.4 Å². The fourth-order valence-corrected chi connectivity index (χ4v) is 2.23. The lowest BCUT2D eigenvalue weighted by Gasteiger charge is -2.22. The van der Waals surface area contributed by atoms with Gasteiger partial charge in [-0.3, -0.25) is 4.79 Å². The molecule has 0 unspecified atom stereocenters. The van der Waals surface area contributed by atoms with E-state index >= 15 is 0 Å². The van der Waals surface area contributed by atoms with Crippen LogP contribution in [0.15, 0.2) is 12.1 Å². The Kier molecular flexibility index (Phi) is 4.89. The number of rotatable bonds is 4. The van der Waals surface area contributed by atoms with E-state index in [9.17, 15) is 13.6 Å². The van der Waals surface area contributed by atoms with Crippen molar-refractivity contribution in [3.8, 4) is 0 Å². The van der Waals surface area contributed by atoms with E-state index in [0.29, 0.717) is 25.7 Å². The maximum atomic E-state index is 13.6. The molecule has 0 saturated carbocycles. The van der Waals surface area contributed by atoms with Gasteiger partial charge in [-0.2, -0.15) is 0 Å². The summed E-state index contributed by atoms with van der Waals surface area (Å²) in [5.41, 5.74) is -0.239. The largest absolute Gasteiger partial charge is 0.383 e. The average molecular weight is 284 g/mol. The lowest BCUT2D eigenvalue weighted by molar-refractivity contribution is 0.0642. The Morgan fingerprint density at radius 3 is 2.45 bits per heavy atom. The quantitative estimate of drug-likeness (QED) is 0.891. The summed E-state index contributed by atoms with van der Waals surface area (Å²) in [6, 6.07) is 2.07. The number of anilines is 1. The molecule has 0 bridgehead atoms. The molecule has 2 rings (SSSR count). The van der Waals surface area contributed by atoms with Crippen LogP contribution in [0.1, 0.15) is 23.2 Å². The minimum absolute atomic E-state index is 0.00828. The molecule has 1 aliphatic rings. The average Bonchev–Trinajstić information content (AvgIpc) is 2.45. The number of hydrogen-bond acceptors (Lipinski definition) is 3. The van der Waals surface area contributed by atoms with Crippen molar-refractivity contribution < 1.29 is 18.3 Å². The van der Waals surface area contributed by atoms with E-state index in [2.05, 4.69) is 10.6 Å². The van der Waals surface area contributed by atoms with Crippen molar-refractivity contribution in [2.45, 2.75) is 12.8 Å². The third kappa shape index (κ3) is 3.45. The third-order valence-electron chi connectivity index (χ3n) is 3.45. The van der Waals surface area contributed by atoms with Gasteiger partial charge in [-0.25, -0.2) is 8.78 Å². The monoisotopic (exact) mass is 284 g/mol. The second-order valence-electron chi connectivity index (χ2n) is 4.83. The van der Waals surface area contributed by atoms with Crippen molar-refractivity contribution in [3.05, 3.63) is 29.3 Å². The highest BCUT2D eigenvalue weighted by atomic mass is 19.1. The first-order valence-corrected chi connectivity index (χ1v) is 6.64. The van der Waals surface area contributed by atoms with E-state index in [1.54, 1.807) is 0 Å². The molecule has 1 aliphatic heterocycles. The highest BCUT2D eigenvalue weighted by molar-refractivity contribution is 5.94. The highest BCUT2D eigenvalue weighted by Gasteiger charge is 2.17. The molecule has 1 saturated heterocycles. The van der Waals surface area contributed by atoms with E-state index in [0.717, 1.165) is 25.0 Å². The van der Waals surface area contributed by atoms with Crippen LogP contribution in [0.5, 0.6) is 0 Å². The van der Waals surface area contributed by atoms with E-state index in [1.165, 1.54) is 7.05 Å². The fraction of sp³-hybridized carbons (Fsp3) is 0.500. The molecule has 1 fully saturated rings. The van der Waals surface area contributed by atoms with Crippen molar-refractivity contribution in [3.63, 3.8) is 0 Å². The van der Waals surface area contributed by atoms with Crippen LogP contribution in [0, 0.1) is 17.6 Å². The molecule has 2 N–H and O–H groups in total. The molecule has 110 valence electrons. The predicted molar refractivity (Wildman–Crippen MR) is 71.8 cm³/mol. The van der Waals surface area contributed by atoms with E-state index in [-0.39, 0.29) is 11.3 Å². The van der Waals surface area contributed by atoms with E-state index in [1.807, 2.05) is 0 Å². The molecule has 0 aliphatic carbocycles. The van der Waals surface area contributed by atoms with Gasteiger partial charge in [0.05, 0.1) is 0 Å². The number of nitrogens with one attached hydrogen (secondary N) is 2. The molecule has 20 heavy (non-hydrogen) atoms. The van der Waals surface area contributed by atoms with Crippen LogP contribution in [0.25, 0.3) is 0 Å². The number of carbonyl (C=O) groups excluding carboxylic acids is 1. The molecule has 0 radical (unpaired) electrons. The van der Waals surface area contributed by atoms with Crippen molar-refractivity contribution in [1.29, 1.82) is 0 Å². The first-order chi connectivity index (χ1) is 9.61. The lowest BCUT2D eigenvalue weighted by atomic mass is 10.0. The van der Waals surface area contributed by atoms with Gasteiger partial charge in [-0.1, -0.05) is 0 Å². The van der Waals surface area contributed by atoms with Crippen LogP contribution in [0.2, 0.25) is 0 Å². The Morgan fingerprint density at radius 1 is 1.30 bits per heavy atom. The molecule has 0 spiro atoms. The van der Waals surface area contributed by atoms with Crippen LogP contribution < -0.4 is 10.6 Å². The van der Waals surface area contributed by atoms with E-state index < -0.39 is 17.5 Å². The Hall–Kier alpha value is -1.69. The second-order valence-corrected chi connectivity index (χ2v) is 4.83. The zero-order chi connectivity index (χ0) is 14.5. The van der Waals surface area contributed by atoms with Crippen molar-refractivity contribution >= 4 is 11.6 Å². The van der Waals surface area contributed by atoms with E-state index in [4.69, 9.17) is 4.74 Å². The standard InChI is InChI=1S/C14H18F2N2O2/c1-17-13-11(15)6-10(7-12(13)16)14(19)18-8-9-2-4-20-5-3-9/h6-7,9,17H,2-5,8H2,1H3,(H,18,19). The summed E-state index contributed by atoms with van der Waals surface area (Å²) in [6.07, 6.45) is 1.78. The van der Waals surface area contributed by atoms with Crippen LogP contribution in [-0.2, 0) is 4.74 Å². The molecule has 1 aromatic carbocycles. The summed E-state index contributed by atoms with van der Waals surface area (Å²) in [5.74, 6) is -1.65. The maximum Gasteiger partial charge on any atom is 0.251 e. The van der Waals surface area contributed by atoms with Crippen molar-refractivity contribution in [2.75, 3.05) is 32.1 Å². The molecule has 1 aromatic rings. The minimum atomic E-state index is -0.774. The van der Waals surface area contributed by atoms with Gasteiger partial charge in [0.2, 0.25) is 0 Å². The van der Waals surface area contributed by atoms with Crippen LogP contribution in [-0.4, -0.2) is 32.7 Å². The van der Waals surface area contributed by atoms with Gasteiger partial charge in [0, 0.05) is 32.4 Å². The third-order valence-corrected chi connectivity index (χ3v) is 3.45. The van der Waals surface area contributed by atoms with Gasteiger partial charge in [0.25, 0.3) is 5.91 Å². The Bertz CT molecular complexity index is 465. The van der Waals surface area contributed by atoms with Crippen LogP contribution in [0.4, 0.5) is 14.5 Å². The minimum Gasteiger partial charge on any atom is -0.383 e. The van der Waals surface area contributed by atoms with Crippen LogP contribution >= 0.6 is 0 Å². The normalized spacial score (nSPS) is 15.9. The number of halogens is 2. The van der Waals surface area contributed by atoms with Gasteiger partial charge < -0.3 is 15.4 Å². The second kappa shape index (κ2) is 6.65. The van der Waals surface area contributed by atoms with Gasteiger partial charge in [-0.05, 0) is 30.9 Å². The first-order valence-electron chi connectivity index (χ1n) is 6.64. The summed E-state index contributed by atoms with van der Waals surface area (Å²) in [7, 11) is 1.42. The zero-order valence-electron chi connectivity index (χ0n) is 11.3. The number of benzene rings is 1. The maximum absolute atomic E-state index is 13.6. The fourth-order valence-electron chi connectivity index (χ4n) is 2.23. The van der Waals surface area contributed by atoms with Crippen LogP contribution in [0.3, 0.4) is 0 Å². The zero-order valence-corrected chi connectivity index (χ0v) is 11.3. The van der Waals surface area contributed by atoms with Crippen molar-refractivity contribution in [2.24, 2.45) is 5.92 Å². The Morgan fingerprint density at radius 2 is 1.90 bits per heavy atom. The number of amides is 1. The summed E-state index contributed by atoms with van der Waals surface area (Å²) in [4.78, 5) is 11.9. The molecule has 6 heteroatoms. The molecule has 4 nitrogen and oxygen atoms in total. The molecule has 0 aromatic heterocycles. The van der Waals surface area contributed by atoms with Gasteiger partial charge in [-0.15, -0.1) is 0 Å². The van der Waals surface area contributed by atoms with Crippen molar-refractivity contribution in [1.82, 2.24) is 5.32 Å². The number of hydrogen-bond donors (Lipinski definition) is 2.